The molecule has 0 radical (unpaired) electrons. The molecule has 0 aliphatic rings. The maximum Gasteiger partial charge on any atom is 0.182 e. The van der Waals surface area contributed by atoms with Gasteiger partial charge in [0.05, 0.1) is 5.69 Å². The van der Waals surface area contributed by atoms with Gasteiger partial charge in [0.25, 0.3) is 0 Å². The molecule has 0 aromatic carbocycles. The van der Waals surface area contributed by atoms with Gasteiger partial charge in [-0.2, -0.15) is 0 Å². The number of rotatable bonds is 1. The second-order valence-corrected chi connectivity index (χ2v) is 4.16. The second kappa shape index (κ2) is 3.24. The average Bonchev–Trinajstić information content (AvgIpc) is 2.83. The molecule has 3 rings (SSSR count). The summed E-state index contributed by atoms with van der Waals surface area (Å²) in [5.74, 6) is 0.731. The SMILES string of the molecule is Cc1nnsc1-c1nnc2ccc(N)cn12. The Labute approximate surface area is 94.9 Å². The highest BCUT2D eigenvalue weighted by Crippen LogP contribution is 2.24. The van der Waals surface area contributed by atoms with Crippen molar-refractivity contribution in [3.8, 4) is 10.7 Å². The largest absolute Gasteiger partial charge is 0.398 e. The molecule has 0 aliphatic heterocycles. The van der Waals surface area contributed by atoms with Gasteiger partial charge in [0.2, 0.25) is 0 Å². The minimum Gasteiger partial charge on any atom is -0.398 e. The first-order valence-corrected chi connectivity index (χ1v) is 5.42. The maximum atomic E-state index is 5.74. The van der Waals surface area contributed by atoms with Crippen molar-refractivity contribution in [1.29, 1.82) is 0 Å². The molecule has 0 fully saturated rings. The van der Waals surface area contributed by atoms with Gasteiger partial charge in [-0.1, -0.05) is 4.49 Å². The summed E-state index contributed by atoms with van der Waals surface area (Å²) in [6.07, 6.45) is 1.80. The van der Waals surface area contributed by atoms with Gasteiger partial charge in [-0.3, -0.25) is 4.40 Å². The summed E-state index contributed by atoms with van der Waals surface area (Å²) in [6, 6.07) is 3.63. The Balaban J connectivity index is 2.32. The summed E-state index contributed by atoms with van der Waals surface area (Å²) in [4.78, 5) is 0.915. The van der Waals surface area contributed by atoms with Crippen molar-refractivity contribution in [3.05, 3.63) is 24.0 Å². The molecule has 0 atom stereocenters. The van der Waals surface area contributed by atoms with Gasteiger partial charge in [0.1, 0.15) is 4.88 Å². The third-order valence-corrected chi connectivity index (χ3v) is 3.10. The average molecular weight is 232 g/mol. The van der Waals surface area contributed by atoms with E-state index in [4.69, 9.17) is 5.73 Å². The fourth-order valence-corrected chi connectivity index (χ4v) is 2.14. The van der Waals surface area contributed by atoms with Crippen LogP contribution in [0, 0.1) is 6.92 Å². The van der Waals surface area contributed by atoms with Gasteiger partial charge in [-0.05, 0) is 30.6 Å². The van der Waals surface area contributed by atoms with Crippen LogP contribution in [0.1, 0.15) is 5.69 Å². The van der Waals surface area contributed by atoms with Crippen molar-refractivity contribution in [2.24, 2.45) is 0 Å². The lowest BCUT2D eigenvalue weighted by atomic mass is 10.3. The molecule has 0 saturated heterocycles. The predicted octanol–water partition coefficient (Wildman–Crippen LogP) is 1.14. The van der Waals surface area contributed by atoms with Crippen LogP contribution in [0.5, 0.6) is 0 Å². The third-order valence-electron chi connectivity index (χ3n) is 2.28. The zero-order valence-electron chi connectivity index (χ0n) is 8.45. The first-order chi connectivity index (χ1) is 7.75. The molecule has 2 N–H and O–H groups in total. The van der Waals surface area contributed by atoms with Gasteiger partial charge in [0.15, 0.2) is 11.5 Å². The Hall–Kier alpha value is -2.02. The van der Waals surface area contributed by atoms with E-state index in [1.54, 1.807) is 12.3 Å². The summed E-state index contributed by atoms with van der Waals surface area (Å²) in [6.45, 7) is 1.90. The van der Waals surface area contributed by atoms with E-state index in [9.17, 15) is 0 Å². The smallest absolute Gasteiger partial charge is 0.182 e. The van der Waals surface area contributed by atoms with E-state index < -0.39 is 0 Å². The normalized spacial score (nSPS) is 11.1. The molecule has 16 heavy (non-hydrogen) atoms. The number of anilines is 1. The number of nitrogens with two attached hydrogens (primary N) is 1. The van der Waals surface area contributed by atoms with Crippen molar-refractivity contribution >= 4 is 22.9 Å². The molecule has 3 heterocycles. The molecule has 7 heteroatoms. The Morgan fingerprint density at radius 3 is 2.88 bits per heavy atom. The quantitative estimate of drug-likeness (QED) is 0.680. The van der Waals surface area contributed by atoms with E-state index in [-0.39, 0.29) is 0 Å². The fraction of sp³-hybridized carbons (Fsp3) is 0.111. The number of hydrogen-bond donors (Lipinski definition) is 1. The predicted molar refractivity (Wildman–Crippen MR) is 61.0 cm³/mol. The van der Waals surface area contributed by atoms with Gasteiger partial charge >= 0.3 is 0 Å². The second-order valence-electron chi connectivity index (χ2n) is 3.40. The Morgan fingerprint density at radius 2 is 2.12 bits per heavy atom. The van der Waals surface area contributed by atoms with Crippen LogP contribution in [0.4, 0.5) is 5.69 Å². The standard InChI is InChI=1S/C9H8N6S/c1-5-8(16-14-11-5)9-13-12-7-3-2-6(10)4-15(7)9/h2-4H,10H2,1H3. The van der Waals surface area contributed by atoms with E-state index in [1.807, 2.05) is 17.4 Å². The number of nitrogen functional groups attached to an aromatic ring is 1. The minimum atomic E-state index is 0.670. The number of pyridine rings is 1. The topological polar surface area (TPSA) is 82.0 Å². The monoisotopic (exact) mass is 232 g/mol. The fourth-order valence-electron chi connectivity index (χ4n) is 1.50. The Bertz CT molecular complexity index is 655. The summed E-state index contributed by atoms with van der Waals surface area (Å²) in [5.41, 5.74) is 8.02. The highest BCUT2D eigenvalue weighted by atomic mass is 32.1. The number of hydrogen-bond acceptors (Lipinski definition) is 6. The molecule has 3 aromatic rings. The molecule has 0 saturated carbocycles. The molecule has 0 unspecified atom stereocenters. The Morgan fingerprint density at radius 1 is 1.25 bits per heavy atom. The van der Waals surface area contributed by atoms with Crippen LogP contribution in [-0.2, 0) is 0 Å². The molecule has 0 spiro atoms. The molecular weight excluding hydrogens is 224 g/mol. The van der Waals surface area contributed by atoms with Crippen molar-refractivity contribution in [3.63, 3.8) is 0 Å². The minimum absolute atomic E-state index is 0.670. The van der Waals surface area contributed by atoms with E-state index in [1.165, 1.54) is 11.5 Å². The highest BCUT2D eigenvalue weighted by Gasteiger charge is 2.13. The van der Waals surface area contributed by atoms with Crippen LogP contribution >= 0.6 is 11.5 Å². The van der Waals surface area contributed by atoms with Crippen molar-refractivity contribution in [1.82, 2.24) is 24.2 Å². The van der Waals surface area contributed by atoms with Crippen LogP contribution in [0.2, 0.25) is 0 Å². The first-order valence-electron chi connectivity index (χ1n) is 4.65. The number of aryl methyl sites for hydroxylation is 1. The van der Waals surface area contributed by atoms with E-state index >= 15 is 0 Å². The zero-order valence-corrected chi connectivity index (χ0v) is 9.27. The zero-order chi connectivity index (χ0) is 11.1. The van der Waals surface area contributed by atoms with Gasteiger partial charge in [0, 0.05) is 11.9 Å². The molecular formula is C9H8N6S. The van der Waals surface area contributed by atoms with E-state index in [0.29, 0.717) is 5.69 Å². The molecule has 6 nitrogen and oxygen atoms in total. The number of nitrogens with zero attached hydrogens (tertiary/aromatic N) is 5. The summed E-state index contributed by atoms with van der Waals surface area (Å²) in [5, 5.41) is 12.2. The lowest BCUT2D eigenvalue weighted by Crippen LogP contribution is -1.92. The van der Waals surface area contributed by atoms with E-state index in [0.717, 1.165) is 22.0 Å². The van der Waals surface area contributed by atoms with Crippen LogP contribution in [0.3, 0.4) is 0 Å². The third kappa shape index (κ3) is 1.25. The van der Waals surface area contributed by atoms with Crippen LogP contribution < -0.4 is 5.73 Å². The number of fused-ring (bicyclic) bond motifs is 1. The molecule has 0 bridgehead atoms. The molecule has 80 valence electrons. The molecule has 0 amide bonds. The first kappa shape index (κ1) is 9.22. The summed E-state index contributed by atoms with van der Waals surface area (Å²) >= 11 is 1.30. The van der Waals surface area contributed by atoms with Gasteiger partial charge in [-0.15, -0.1) is 15.3 Å². The van der Waals surface area contributed by atoms with Crippen LogP contribution in [0.25, 0.3) is 16.3 Å². The van der Waals surface area contributed by atoms with E-state index in [2.05, 4.69) is 19.8 Å². The summed E-state index contributed by atoms with van der Waals surface area (Å²) < 4.78 is 5.73. The van der Waals surface area contributed by atoms with Crippen LogP contribution in [0.15, 0.2) is 18.3 Å². The summed E-state index contributed by atoms with van der Waals surface area (Å²) in [7, 11) is 0. The van der Waals surface area contributed by atoms with Crippen molar-refractivity contribution in [2.75, 3.05) is 5.73 Å². The Kier molecular flexibility index (Phi) is 1.87. The van der Waals surface area contributed by atoms with Gasteiger partial charge in [-0.25, -0.2) is 0 Å². The molecule has 3 aromatic heterocycles. The van der Waals surface area contributed by atoms with Crippen LogP contribution in [-0.4, -0.2) is 24.2 Å². The highest BCUT2D eigenvalue weighted by molar-refractivity contribution is 7.09. The lowest BCUT2D eigenvalue weighted by molar-refractivity contribution is 1.07. The lowest BCUT2D eigenvalue weighted by Gasteiger charge is -1.98. The number of aromatic nitrogens is 5. The van der Waals surface area contributed by atoms with Gasteiger partial charge < -0.3 is 5.73 Å². The maximum absolute atomic E-state index is 5.74. The van der Waals surface area contributed by atoms with Crippen molar-refractivity contribution < 1.29 is 0 Å². The molecule has 0 aliphatic carbocycles. The van der Waals surface area contributed by atoms with Crippen molar-refractivity contribution in [2.45, 2.75) is 6.92 Å².